The van der Waals surface area contributed by atoms with E-state index in [1.165, 1.54) is 33.3 Å². The molecule has 1 aromatic carbocycles. The van der Waals surface area contributed by atoms with Crippen LogP contribution in [0.15, 0.2) is 21.5 Å². The number of ether oxygens (including phenoxy) is 3. The van der Waals surface area contributed by atoms with Crippen LogP contribution in [0.1, 0.15) is 12.5 Å². The van der Waals surface area contributed by atoms with E-state index < -0.39 is 29.1 Å². The maximum Gasteiger partial charge on any atom is 0.343 e. The Morgan fingerprint density at radius 3 is 2.54 bits per heavy atom. The van der Waals surface area contributed by atoms with Crippen LogP contribution in [0.4, 0.5) is 4.79 Å². The zero-order chi connectivity index (χ0) is 21.0. The van der Waals surface area contributed by atoms with Crippen LogP contribution in [0.3, 0.4) is 0 Å². The molecule has 0 spiro atoms. The van der Waals surface area contributed by atoms with E-state index in [2.05, 4.69) is 25.4 Å². The summed E-state index contributed by atoms with van der Waals surface area (Å²) < 4.78 is 14.8. The van der Waals surface area contributed by atoms with Crippen LogP contribution in [0.25, 0.3) is 6.08 Å². The van der Waals surface area contributed by atoms with Crippen molar-refractivity contribution in [1.82, 2.24) is 4.90 Å². The Morgan fingerprint density at radius 1 is 1.29 bits per heavy atom. The van der Waals surface area contributed by atoms with E-state index in [0.29, 0.717) is 21.8 Å². The molecule has 0 unspecified atom stereocenters. The molecule has 2 amide bonds. The van der Waals surface area contributed by atoms with Crippen molar-refractivity contribution in [3.05, 3.63) is 32.1 Å². The van der Waals surface area contributed by atoms with Crippen LogP contribution in [0.5, 0.6) is 5.75 Å². The van der Waals surface area contributed by atoms with Gasteiger partial charge < -0.3 is 14.2 Å². The minimum absolute atomic E-state index is 0.131. The lowest BCUT2D eigenvalue weighted by atomic mass is 10.2. The lowest BCUT2D eigenvalue weighted by molar-refractivity contribution is -0.148. The summed E-state index contributed by atoms with van der Waals surface area (Å²) in [6.45, 7) is 1.09. The monoisotopic (exact) mass is 491 g/mol. The molecule has 0 bridgehead atoms. The topological polar surface area (TPSA) is 99.2 Å². The summed E-state index contributed by atoms with van der Waals surface area (Å²) in [7, 11) is 2.41. The van der Waals surface area contributed by atoms with Crippen LogP contribution in [0.2, 0.25) is 5.02 Å². The zero-order valence-electron chi connectivity index (χ0n) is 15.0. The summed E-state index contributed by atoms with van der Waals surface area (Å²) in [5.74, 6) is -1.63. The summed E-state index contributed by atoms with van der Waals surface area (Å²) in [4.78, 5) is 48.5. The first-order valence-electron chi connectivity index (χ1n) is 7.73. The fourth-order valence-electron chi connectivity index (χ4n) is 2.23. The molecule has 1 aliphatic rings. The zero-order valence-corrected chi connectivity index (χ0v) is 18.1. The van der Waals surface area contributed by atoms with Gasteiger partial charge in [0, 0.05) is 0 Å². The molecule has 0 aliphatic carbocycles. The predicted molar refractivity (Wildman–Crippen MR) is 106 cm³/mol. The SMILES string of the molecule is COC(=O)COc1c(Cl)cc(/C=C2/SC(=O)N([C@@H](C)C(=O)OC)C2=O)cc1Br. The number of rotatable bonds is 6. The van der Waals surface area contributed by atoms with Crippen molar-refractivity contribution in [3.8, 4) is 5.75 Å². The van der Waals surface area contributed by atoms with Gasteiger partial charge in [0.2, 0.25) is 0 Å². The van der Waals surface area contributed by atoms with Gasteiger partial charge in [-0.25, -0.2) is 9.59 Å². The normalized spacial score (nSPS) is 16.3. The Bertz CT molecular complexity index is 850. The Hall–Kier alpha value is -2.04. The second-order valence-electron chi connectivity index (χ2n) is 5.43. The van der Waals surface area contributed by atoms with E-state index >= 15 is 0 Å². The summed E-state index contributed by atoms with van der Waals surface area (Å²) in [5.41, 5.74) is 0.513. The largest absolute Gasteiger partial charge is 0.479 e. The Kier molecular flexibility index (Phi) is 7.50. The molecular formula is C17H15BrClNO7S. The molecule has 1 fully saturated rings. The van der Waals surface area contributed by atoms with Crippen molar-refractivity contribution in [3.63, 3.8) is 0 Å². The molecule has 0 radical (unpaired) electrons. The summed E-state index contributed by atoms with van der Waals surface area (Å²) in [6, 6.07) is 2.08. The van der Waals surface area contributed by atoms with Gasteiger partial charge in [0.05, 0.1) is 28.6 Å². The van der Waals surface area contributed by atoms with Gasteiger partial charge in [0.25, 0.3) is 11.1 Å². The highest BCUT2D eigenvalue weighted by atomic mass is 79.9. The highest BCUT2D eigenvalue weighted by Gasteiger charge is 2.41. The number of thioether (sulfide) groups is 1. The molecule has 1 aliphatic heterocycles. The number of amides is 2. The molecule has 0 saturated carbocycles. The van der Waals surface area contributed by atoms with Crippen molar-refractivity contribution < 1.29 is 33.4 Å². The van der Waals surface area contributed by atoms with Crippen LogP contribution in [-0.4, -0.2) is 54.9 Å². The molecule has 1 aromatic rings. The molecule has 0 N–H and O–H groups in total. The van der Waals surface area contributed by atoms with E-state index in [4.69, 9.17) is 16.3 Å². The summed E-state index contributed by atoms with van der Waals surface area (Å²) >= 11 is 10.2. The van der Waals surface area contributed by atoms with Gasteiger partial charge in [0.1, 0.15) is 6.04 Å². The fourth-order valence-corrected chi connectivity index (χ4v) is 4.13. The number of halogens is 2. The second kappa shape index (κ2) is 9.44. The quantitative estimate of drug-likeness (QED) is 0.441. The number of esters is 2. The van der Waals surface area contributed by atoms with Crippen molar-refractivity contribution in [2.24, 2.45) is 0 Å². The van der Waals surface area contributed by atoms with Crippen LogP contribution in [-0.2, 0) is 23.9 Å². The van der Waals surface area contributed by atoms with Crippen molar-refractivity contribution in [2.45, 2.75) is 13.0 Å². The van der Waals surface area contributed by atoms with Gasteiger partial charge in [-0.3, -0.25) is 14.5 Å². The summed E-state index contributed by atoms with van der Waals surface area (Å²) in [6.07, 6.45) is 1.47. The number of hydrogen-bond donors (Lipinski definition) is 0. The third kappa shape index (κ3) is 4.86. The maximum absolute atomic E-state index is 12.5. The molecule has 1 heterocycles. The highest BCUT2D eigenvalue weighted by molar-refractivity contribution is 9.10. The fraction of sp³-hybridized carbons (Fsp3) is 0.294. The first kappa shape index (κ1) is 22.3. The lowest BCUT2D eigenvalue weighted by Crippen LogP contribution is -2.42. The second-order valence-corrected chi connectivity index (χ2v) is 7.68. The number of methoxy groups -OCH3 is 2. The number of carbonyl (C=O) groups excluding carboxylic acids is 4. The Labute approximate surface area is 178 Å². The molecule has 28 heavy (non-hydrogen) atoms. The lowest BCUT2D eigenvalue weighted by Gasteiger charge is -2.18. The van der Waals surface area contributed by atoms with Gasteiger partial charge in [-0.05, 0) is 58.4 Å². The standard InChI is InChI=1S/C17H15BrClNO7S/c1-8(16(23)26-3)20-15(22)12(28-17(20)24)6-9-4-10(18)14(11(19)5-9)27-7-13(21)25-2/h4-6,8H,7H2,1-3H3/b12-6+/t8-/m0/s1. The average Bonchev–Trinajstić information content (AvgIpc) is 2.92. The minimum atomic E-state index is -1.03. The molecule has 8 nitrogen and oxygen atoms in total. The third-order valence-corrected chi connectivity index (χ3v) is 5.39. The molecular weight excluding hydrogens is 478 g/mol. The predicted octanol–water partition coefficient (Wildman–Crippen LogP) is 3.25. The molecule has 1 saturated heterocycles. The number of hydrogen-bond acceptors (Lipinski definition) is 8. The maximum atomic E-state index is 12.5. The Morgan fingerprint density at radius 2 is 1.96 bits per heavy atom. The van der Waals surface area contributed by atoms with E-state index in [1.807, 2.05) is 0 Å². The van der Waals surface area contributed by atoms with Crippen molar-refractivity contribution >= 4 is 68.5 Å². The number of nitrogens with zero attached hydrogens (tertiary/aromatic N) is 1. The highest BCUT2D eigenvalue weighted by Crippen LogP contribution is 2.38. The Balaban J connectivity index is 2.26. The number of imide groups is 1. The molecule has 1 atom stereocenters. The van der Waals surface area contributed by atoms with Crippen LogP contribution >= 0.6 is 39.3 Å². The minimum Gasteiger partial charge on any atom is -0.479 e. The first-order chi connectivity index (χ1) is 13.2. The van der Waals surface area contributed by atoms with Gasteiger partial charge >= 0.3 is 11.9 Å². The van der Waals surface area contributed by atoms with Gasteiger partial charge in [-0.2, -0.15) is 0 Å². The molecule has 2 rings (SSSR count). The summed E-state index contributed by atoms with van der Waals surface area (Å²) in [5, 5.41) is -0.385. The van der Waals surface area contributed by atoms with E-state index in [1.54, 1.807) is 6.07 Å². The third-order valence-electron chi connectivity index (χ3n) is 3.63. The molecule has 0 aromatic heterocycles. The van der Waals surface area contributed by atoms with E-state index in [-0.39, 0.29) is 22.3 Å². The number of benzene rings is 1. The molecule has 11 heteroatoms. The van der Waals surface area contributed by atoms with Crippen LogP contribution in [0, 0.1) is 0 Å². The van der Waals surface area contributed by atoms with E-state index in [9.17, 15) is 19.2 Å². The number of carbonyl (C=O) groups is 4. The molecule has 150 valence electrons. The first-order valence-corrected chi connectivity index (χ1v) is 9.71. The van der Waals surface area contributed by atoms with Gasteiger partial charge in [-0.1, -0.05) is 11.6 Å². The van der Waals surface area contributed by atoms with Crippen molar-refractivity contribution in [1.29, 1.82) is 0 Å². The van der Waals surface area contributed by atoms with Gasteiger partial charge in [-0.15, -0.1) is 0 Å². The average molecular weight is 493 g/mol. The smallest absolute Gasteiger partial charge is 0.343 e. The van der Waals surface area contributed by atoms with Crippen molar-refractivity contribution in [2.75, 3.05) is 20.8 Å². The van der Waals surface area contributed by atoms with Crippen LogP contribution < -0.4 is 4.74 Å². The van der Waals surface area contributed by atoms with Gasteiger partial charge in [0.15, 0.2) is 12.4 Å². The van der Waals surface area contributed by atoms with E-state index in [0.717, 1.165) is 4.90 Å².